The third kappa shape index (κ3) is 5.71. The molecule has 0 radical (unpaired) electrons. The number of nitrogens with one attached hydrogen (secondary N) is 1. The van der Waals surface area contributed by atoms with E-state index in [1.165, 1.54) is 5.56 Å². The van der Waals surface area contributed by atoms with Crippen LogP contribution in [0.15, 0.2) is 18.2 Å². The van der Waals surface area contributed by atoms with E-state index in [0.29, 0.717) is 25.3 Å². The van der Waals surface area contributed by atoms with Crippen LogP contribution in [0.25, 0.3) is 0 Å². The molecular formula is C25H36F2N2O2. The summed E-state index contributed by atoms with van der Waals surface area (Å²) in [4.78, 5) is 26.6. The largest absolute Gasteiger partial charge is 0.347 e. The highest BCUT2D eigenvalue weighted by molar-refractivity contribution is 5.83. The molecule has 0 saturated heterocycles. The van der Waals surface area contributed by atoms with Gasteiger partial charge in [-0.3, -0.25) is 14.5 Å². The van der Waals surface area contributed by atoms with Gasteiger partial charge in [-0.05, 0) is 48.8 Å². The number of carbonyl (C=O) groups excluding carboxylic acids is 2. The Morgan fingerprint density at radius 1 is 1.16 bits per heavy atom. The van der Waals surface area contributed by atoms with E-state index in [2.05, 4.69) is 24.1 Å². The first-order valence-electron chi connectivity index (χ1n) is 11.7. The molecule has 1 amide bonds. The van der Waals surface area contributed by atoms with E-state index in [-0.39, 0.29) is 18.4 Å². The van der Waals surface area contributed by atoms with Crippen molar-refractivity contribution in [1.82, 2.24) is 10.2 Å². The first-order chi connectivity index (χ1) is 14.7. The fraction of sp³-hybridized carbons (Fsp3) is 0.680. The van der Waals surface area contributed by atoms with Crippen LogP contribution < -0.4 is 5.32 Å². The van der Waals surface area contributed by atoms with Crippen LogP contribution in [0.5, 0.6) is 0 Å². The first-order valence-corrected chi connectivity index (χ1v) is 11.7. The Labute approximate surface area is 184 Å². The maximum atomic E-state index is 14.6. The Balaban J connectivity index is 1.58. The molecule has 1 fully saturated rings. The number of amides is 1. The highest BCUT2D eigenvalue weighted by Crippen LogP contribution is 2.38. The molecule has 2 aliphatic rings. The standard InChI is InChI=1S/C25H36F2N2O2/c1-4-5-6-23(18(3)30)29-15-20-10-9-19(13-21(20)16-29)14-28-24(31)25(26,27)22-11-7-17(2)8-12-22/h9-10,13,17,22-23H,4-8,11-12,14-16H2,1-3H3,(H,28,31). The van der Waals surface area contributed by atoms with Crippen LogP contribution in [0, 0.1) is 11.8 Å². The average molecular weight is 435 g/mol. The zero-order chi connectivity index (χ0) is 22.6. The second kappa shape index (κ2) is 10.2. The summed E-state index contributed by atoms with van der Waals surface area (Å²) in [6.07, 6.45) is 5.26. The number of rotatable bonds is 9. The molecule has 1 aliphatic carbocycles. The molecule has 1 aromatic rings. The van der Waals surface area contributed by atoms with Crippen LogP contribution in [-0.2, 0) is 29.2 Å². The molecule has 3 rings (SSSR count). The number of nitrogens with zero attached hydrogens (tertiary/aromatic N) is 1. The minimum atomic E-state index is -3.32. The third-order valence-electron chi connectivity index (χ3n) is 7.04. The highest BCUT2D eigenvalue weighted by Gasteiger charge is 2.47. The number of ketones is 1. The number of fused-ring (bicyclic) bond motifs is 1. The number of halogens is 2. The second-order valence-corrected chi connectivity index (χ2v) is 9.54. The van der Waals surface area contributed by atoms with E-state index >= 15 is 0 Å². The van der Waals surface area contributed by atoms with Crippen molar-refractivity contribution in [2.45, 2.75) is 97.3 Å². The van der Waals surface area contributed by atoms with Crippen LogP contribution in [0.1, 0.15) is 82.4 Å². The summed E-state index contributed by atoms with van der Waals surface area (Å²) in [5, 5.41) is 2.46. The molecule has 31 heavy (non-hydrogen) atoms. The van der Waals surface area contributed by atoms with Gasteiger partial charge in [0.1, 0.15) is 5.78 Å². The number of hydrogen-bond acceptors (Lipinski definition) is 3. The SMILES string of the molecule is CCCCC(C(C)=O)N1Cc2ccc(CNC(=O)C(F)(F)C3CCC(C)CC3)cc2C1. The molecule has 0 aromatic heterocycles. The molecule has 1 unspecified atom stereocenters. The average Bonchev–Trinajstić information content (AvgIpc) is 3.15. The van der Waals surface area contributed by atoms with Crippen LogP contribution >= 0.6 is 0 Å². The minimum absolute atomic E-state index is 0.0765. The molecule has 1 aromatic carbocycles. The van der Waals surface area contributed by atoms with Gasteiger partial charge in [-0.2, -0.15) is 8.78 Å². The molecule has 0 bridgehead atoms. The maximum absolute atomic E-state index is 14.6. The van der Waals surface area contributed by atoms with Gasteiger partial charge in [0.05, 0.1) is 6.04 Å². The van der Waals surface area contributed by atoms with Gasteiger partial charge in [0.15, 0.2) is 0 Å². The van der Waals surface area contributed by atoms with E-state index in [9.17, 15) is 18.4 Å². The lowest BCUT2D eigenvalue weighted by Gasteiger charge is -2.31. The molecular weight excluding hydrogens is 398 g/mol. The third-order valence-corrected chi connectivity index (χ3v) is 7.04. The summed E-state index contributed by atoms with van der Waals surface area (Å²) in [5.41, 5.74) is 3.09. The fourth-order valence-electron chi connectivity index (χ4n) is 4.95. The summed E-state index contributed by atoms with van der Waals surface area (Å²) in [6.45, 7) is 7.35. The Morgan fingerprint density at radius 3 is 2.48 bits per heavy atom. The van der Waals surface area contributed by atoms with Crippen molar-refractivity contribution in [3.8, 4) is 0 Å². The molecule has 1 heterocycles. The number of benzene rings is 1. The second-order valence-electron chi connectivity index (χ2n) is 9.54. The van der Waals surface area contributed by atoms with Gasteiger partial charge in [-0.1, -0.05) is 57.7 Å². The van der Waals surface area contributed by atoms with E-state index in [1.807, 2.05) is 18.2 Å². The van der Waals surface area contributed by atoms with Crippen molar-refractivity contribution >= 4 is 11.7 Å². The molecule has 1 saturated carbocycles. The smallest absolute Gasteiger partial charge is 0.327 e. The molecule has 6 heteroatoms. The number of alkyl halides is 2. The van der Waals surface area contributed by atoms with Gasteiger partial charge in [-0.15, -0.1) is 0 Å². The number of hydrogen-bond donors (Lipinski definition) is 1. The van der Waals surface area contributed by atoms with Crippen LogP contribution in [0.4, 0.5) is 8.78 Å². The molecule has 172 valence electrons. The monoisotopic (exact) mass is 434 g/mol. The molecule has 1 atom stereocenters. The van der Waals surface area contributed by atoms with Gasteiger partial charge in [0.2, 0.25) is 0 Å². The molecule has 1 aliphatic heterocycles. The summed E-state index contributed by atoms with van der Waals surface area (Å²) in [5.74, 6) is -4.69. The number of Topliss-reactive ketones (excluding diaryl/α,β-unsaturated/α-hetero) is 1. The van der Waals surface area contributed by atoms with E-state index < -0.39 is 17.7 Å². The summed E-state index contributed by atoms with van der Waals surface area (Å²) in [6, 6.07) is 5.78. The summed E-state index contributed by atoms with van der Waals surface area (Å²) < 4.78 is 29.2. The van der Waals surface area contributed by atoms with E-state index in [4.69, 9.17) is 0 Å². The lowest BCUT2D eigenvalue weighted by atomic mass is 9.79. The Hall–Kier alpha value is -1.82. The van der Waals surface area contributed by atoms with Gasteiger partial charge < -0.3 is 5.32 Å². The van der Waals surface area contributed by atoms with Gasteiger partial charge >= 0.3 is 5.92 Å². The van der Waals surface area contributed by atoms with Crippen LogP contribution in [-0.4, -0.2) is 28.6 Å². The lowest BCUT2D eigenvalue weighted by Crippen LogP contribution is -2.46. The molecule has 1 N–H and O–H groups in total. The van der Waals surface area contributed by atoms with Crippen LogP contribution in [0.2, 0.25) is 0 Å². The molecule has 0 spiro atoms. The predicted molar refractivity (Wildman–Crippen MR) is 118 cm³/mol. The number of unbranched alkanes of at least 4 members (excludes halogenated alkanes) is 1. The lowest BCUT2D eigenvalue weighted by molar-refractivity contribution is -0.156. The van der Waals surface area contributed by atoms with Gasteiger partial charge in [0, 0.05) is 25.6 Å². The van der Waals surface area contributed by atoms with Gasteiger partial charge in [0.25, 0.3) is 5.91 Å². The predicted octanol–water partition coefficient (Wildman–Crippen LogP) is 5.23. The normalized spacial score (nSPS) is 22.7. The topological polar surface area (TPSA) is 49.4 Å². The van der Waals surface area contributed by atoms with E-state index in [0.717, 1.165) is 49.8 Å². The first kappa shape index (κ1) is 23.8. The van der Waals surface area contributed by atoms with Gasteiger partial charge in [-0.25, -0.2) is 0 Å². The minimum Gasteiger partial charge on any atom is -0.347 e. The Kier molecular flexibility index (Phi) is 7.84. The zero-order valence-corrected chi connectivity index (χ0v) is 19.1. The Bertz CT molecular complexity index is 788. The van der Waals surface area contributed by atoms with Crippen molar-refractivity contribution in [2.75, 3.05) is 0 Å². The fourth-order valence-corrected chi connectivity index (χ4v) is 4.95. The summed E-state index contributed by atoms with van der Waals surface area (Å²) >= 11 is 0. The van der Waals surface area contributed by atoms with Crippen molar-refractivity contribution < 1.29 is 18.4 Å². The zero-order valence-electron chi connectivity index (χ0n) is 19.1. The van der Waals surface area contributed by atoms with Crippen LogP contribution in [0.3, 0.4) is 0 Å². The summed E-state index contributed by atoms with van der Waals surface area (Å²) in [7, 11) is 0. The van der Waals surface area contributed by atoms with Crippen molar-refractivity contribution in [3.63, 3.8) is 0 Å². The maximum Gasteiger partial charge on any atom is 0.327 e. The highest BCUT2D eigenvalue weighted by atomic mass is 19.3. The van der Waals surface area contributed by atoms with Crippen molar-refractivity contribution in [3.05, 3.63) is 34.9 Å². The Morgan fingerprint density at radius 2 is 1.84 bits per heavy atom. The molecule has 4 nitrogen and oxygen atoms in total. The van der Waals surface area contributed by atoms with Crippen molar-refractivity contribution in [2.24, 2.45) is 11.8 Å². The van der Waals surface area contributed by atoms with E-state index in [1.54, 1.807) is 6.92 Å². The quantitative estimate of drug-likeness (QED) is 0.579. The number of carbonyl (C=O) groups is 2. The van der Waals surface area contributed by atoms with Crippen molar-refractivity contribution in [1.29, 1.82) is 0 Å².